The summed E-state index contributed by atoms with van der Waals surface area (Å²) in [5.74, 6) is 0. The summed E-state index contributed by atoms with van der Waals surface area (Å²) in [6.07, 6.45) is 6.09. The van der Waals surface area contributed by atoms with Crippen LogP contribution in [0.5, 0.6) is 0 Å². The maximum Gasteiger partial charge on any atom is 0.0991 e. The van der Waals surface area contributed by atoms with E-state index in [9.17, 15) is 9.65 Å². The van der Waals surface area contributed by atoms with Crippen molar-refractivity contribution in [3.63, 3.8) is 0 Å². The fourth-order valence-electron chi connectivity index (χ4n) is 5.44. The summed E-state index contributed by atoms with van der Waals surface area (Å²) in [4.78, 5) is 2.29. The van der Waals surface area contributed by atoms with E-state index in [0.717, 1.165) is 44.5 Å². The molecule has 0 bridgehead atoms. The third kappa shape index (κ3) is 4.99. The number of nitriles is 1. The SMILES string of the molecule is Cc1cc(C#N)ccc1C1=C(c2ccc(C=C3CN(CCCF)C3)cc2)c2ccccc2CCC1. The fourth-order valence-corrected chi connectivity index (χ4v) is 5.44. The predicted octanol–water partition coefficient (Wildman–Crippen LogP) is 7.22. The van der Waals surface area contributed by atoms with Gasteiger partial charge >= 0.3 is 0 Å². The minimum atomic E-state index is -0.236. The van der Waals surface area contributed by atoms with Crippen LogP contribution in [0, 0.1) is 18.3 Å². The quantitative estimate of drug-likeness (QED) is 0.387. The van der Waals surface area contributed by atoms with E-state index in [1.165, 1.54) is 44.5 Å². The Balaban J connectivity index is 1.52. The molecule has 0 spiro atoms. The zero-order chi connectivity index (χ0) is 24.2. The third-order valence-electron chi connectivity index (χ3n) is 7.17. The fraction of sp³-hybridized carbons (Fsp3) is 0.281. The largest absolute Gasteiger partial charge is 0.295 e. The summed E-state index contributed by atoms with van der Waals surface area (Å²) in [5.41, 5.74) is 12.4. The van der Waals surface area contributed by atoms with Crippen molar-refractivity contribution >= 4 is 17.2 Å². The number of hydrogen-bond acceptors (Lipinski definition) is 2. The van der Waals surface area contributed by atoms with E-state index in [-0.39, 0.29) is 6.67 Å². The Morgan fingerprint density at radius 2 is 1.77 bits per heavy atom. The van der Waals surface area contributed by atoms with Crippen molar-refractivity contribution < 1.29 is 4.39 Å². The van der Waals surface area contributed by atoms with Crippen LogP contribution in [0.15, 0.2) is 72.3 Å². The van der Waals surface area contributed by atoms with Crippen molar-refractivity contribution in [1.29, 1.82) is 5.26 Å². The molecular weight excluding hydrogens is 431 g/mol. The van der Waals surface area contributed by atoms with Gasteiger partial charge in [-0.15, -0.1) is 0 Å². The maximum absolute atomic E-state index is 12.4. The van der Waals surface area contributed by atoms with Gasteiger partial charge in [-0.3, -0.25) is 9.29 Å². The predicted molar refractivity (Wildman–Crippen MR) is 143 cm³/mol. The molecule has 0 radical (unpaired) electrons. The van der Waals surface area contributed by atoms with Gasteiger partial charge in [0.1, 0.15) is 0 Å². The Hall–Kier alpha value is -3.48. The first-order valence-corrected chi connectivity index (χ1v) is 12.6. The van der Waals surface area contributed by atoms with Crippen LogP contribution in [-0.4, -0.2) is 31.2 Å². The Bertz CT molecular complexity index is 1320. The van der Waals surface area contributed by atoms with Gasteiger partial charge in [-0.1, -0.05) is 60.7 Å². The smallest absolute Gasteiger partial charge is 0.0991 e. The molecule has 0 unspecified atom stereocenters. The highest BCUT2D eigenvalue weighted by atomic mass is 19.1. The van der Waals surface area contributed by atoms with E-state index in [1.54, 1.807) is 0 Å². The summed E-state index contributed by atoms with van der Waals surface area (Å²) in [6.45, 7) is 4.62. The van der Waals surface area contributed by atoms with Gasteiger partial charge in [0.05, 0.1) is 18.3 Å². The van der Waals surface area contributed by atoms with Crippen LogP contribution >= 0.6 is 0 Å². The molecule has 0 aromatic heterocycles. The number of fused-ring (bicyclic) bond motifs is 1. The molecule has 1 fully saturated rings. The lowest BCUT2D eigenvalue weighted by molar-refractivity contribution is 0.239. The summed E-state index contributed by atoms with van der Waals surface area (Å²) in [5, 5.41) is 9.35. The third-order valence-corrected chi connectivity index (χ3v) is 7.17. The Morgan fingerprint density at radius 1 is 0.971 bits per heavy atom. The van der Waals surface area contributed by atoms with Crippen LogP contribution in [0.1, 0.15) is 58.2 Å². The van der Waals surface area contributed by atoms with Crippen LogP contribution in [0.2, 0.25) is 0 Å². The van der Waals surface area contributed by atoms with E-state index in [4.69, 9.17) is 0 Å². The molecule has 2 aliphatic rings. The highest BCUT2D eigenvalue weighted by Gasteiger charge is 2.22. The molecule has 3 aromatic rings. The van der Waals surface area contributed by atoms with Gasteiger partial charge in [0.15, 0.2) is 0 Å². The number of alkyl halides is 1. The molecule has 0 saturated carbocycles. The van der Waals surface area contributed by atoms with Gasteiger partial charge in [-0.05, 0) is 94.8 Å². The topological polar surface area (TPSA) is 27.0 Å². The van der Waals surface area contributed by atoms with Crippen molar-refractivity contribution in [2.75, 3.05) is 26.3 Å². The van der Waals surface area contributed by atoms with Gasteiger partial charge in [-0.25, -0.2) is 0 Å². The van der Waals surface area contributed by atoms with Gasteiger partial charge in [-0.2, -0.15) is 5.26 Å². The molecule has 5 rings (SSSR count). The lowest BCUT2D eigenvalue weighted by Gasteiger charge is -2.33. The zero-order valence-corrected chi connectivity index (χ0v) is 20.4. The number of allylic oxidation sites excluding steroid dienone is 1. The Kier molecular flexibility index (Phi) is 6.93. The van der Waals surface area contributed by atoms with E-state index in [2.05, 4.69) is 78.6 Å². The second kappa shape index (κ2) is 10.4. The number of hydrogen-bond donors (Lipinski definition) is 0. The number of benzene rings is 3. The van der Waals surface area contributed by atoms with Gasteiger partial charge in [0, 0.05) is 19.6 Å². The van der Waals surface area contributed by atoms with Gasteiger partial charge in [0.2, 0.25) is 0 Å². The first-order chi connectivity index (χ1) is 17.2. The Labute approximate surface area is 208 Å². The molecule has 1 aliphatic carbocycles. The molecule has 2 nitrogen and oxygen atoms in total. The maximum atomic E-state index is 12.4. The summed E-state index contributed by atoms with van der Waals surface area (Å²) >= 11 is 0. The summed E-state index contributed by atoms with van der Waals surface area (Å²) in [7, 11) is 0. The molecule has 176 valence electrons. The van der Waals surface area contributed by atoms with E-state index in [1.807, 2.05) is 12.1 Å². The number of rotatable bonds is 6. The van der Waals surface area contributed by atoms with Crippen molar-refractivity contribution in [2.45, 2.75) is 32.6 Å². The number of nitrogens with zero attached hydrogens (tertiary/aromatic N) is 2. The van der Waals surface area contributed by atoms with Crippen LogP contribution in [0.4, 0.5) is 4.39 Å². The average Bonchev–Trinajstić information content (AvgIpc) is 3.05. The van der Waals surface area contributed by atoms with Gasteiger partial charge < -0.3 is 0 Å². The standard InChI is InChI=1S/C32H31FN2/c1-23-18-25(20-34)12-15-29(23)31-9-4-7-27-6-2-3-8-30(27)32(31)28-13-10-24(11-14-28)19-26-21-35(22-26)17-5-16-33/h2-3,6,8,10-15,18-19H,4-5,7,9,16-17,21-22H2,1H3. The van der Waals surface area contributed by atoms with Crippen LogP contribution in [-0.2, 0) is 6.42 Å². The molecule has 1 saturated heterocycles. The zero-order valence-electron chi connectivity index (χ0n) is 20.4. The Morgan fingerprint density at radius 3 is 2.51 bits per heavy atom. The summed E-state index contributed by atoms with van der Waals surface area (Å²) < 4.78 is 12.4. The van der Waals surface area contributed by atoms with Crippen molar-refractivity contribution in [3.05, 3.63) is 111 Å². The van der Waals surface area contributed by atoms with E-state index >= 15 is 0 Å². The molecule has 1 heterocycles. The minimum Gasteiger partial charge on any atom is -0.295 e. The van der Waals surface area contributed by atoms with E-state index < -0.39 is 0 Å². The lowest BCUT2D eigenvalue weighted by Crippen LogP contribution is -2.40. The molecule has 3 heteroatoms. The van der Waals surface area contributed by atoms with Crippen LogP contribution in [0.25, 0.3) is 17.2 Å². The second-order valence-electron chi connectivity index (χ2n) is 9.68. The normalized spacial score (nSPS) is 15.7. The summed E-state index contributed by atoms with van der Waals surface area (Å²) in [6, 6.07) is 26.1. The molecule has 35 heavy (non-hydrogen) atoms. The molecular formula is C32H31FN2. The van der Waals surface area contributed by atoms with Gasteiger partial charge in [0.25, 0.3) is 0 Å². The van der Waals surface area contributed by atoms with Crippen molar-refractivity contribution in [2.24, 2.45) is 0 Å². The molecule has 0 N–H and O–H groups in total. The average molecular weight is 463 g/mol. The molecule has 3 aromatic carbocycles. The van der Waals surface area contributed by atoms with Crippen molar-refractivity contribution in [1.82, 2.24) is 4.90 Å². The minimum absolute atomic E-state index is 0.236. The molecule has 0 atom stereocenters. The molecule has 0 amide bonds. The monoisotopic (exact) mass is 462 g/mol. The lowest BCUT2D eigenvalue weighted by atomic mass is 9.86. The first-order valence-electron chi connectivity index (χ1n) is 12.6. The first kappa shape index (κ1) is 23.3. The van der Waals surface area contributed by atoms with Crippen LogP contribution in [0.3, 0.4) is 0 Å². The molecule has 1 aliphatic heterocycles. The number of likely N-dealkylation sites (tertiary alicyclic amines) is 1. The highest BCUT2D eigenvalue weighted by Crippen LogP contribution is 2.40. The highest BCUT2D eigenvalue weighted by molar-refractivity contribution is 6.00. The van der Waals surface area contributed by atoms with Crippen molar-refractivity contribution in [3.8, 4) is 6.07 Å². The number of aryl methyl sites for hydroxylation is 2. The second-order valence-corrected chi connectivity index (χ2v) is 9.68. The number of halogens is 1. The van der Waals surface area contributed by atoms with Crippen LogP contribution < -0.4 is 0 Å². The van der Waals surface area contributed by atoms with E-state index in [0.29, 0.717) is 12.0 Å².